The van der Waals surface area contributed by atoms with Gasteiger partial charge in [-0.25, -0.2) is 15.0 Å². The zero-order chi connectivity index (χ0) is 14.3. The molecule has 4 N–H and O–H groups in total. The van der Waals surface area contributed by atoms with Crippen LogP contribution in [-0.2, 0) is 9.53 Å². The van der Waals surface area contributed by atoms with Crippen molar-refractivity contribution in [3.8, 4) is 0 Å². The molecule has 0 spiro atoms. The van der Waals surface area contributed by atoms with Crippen molar-refractivity contribution in [1.29, 1.82) is 0 Å². The highest BCUT2D eigenvalue weighted by molar-refractivity contribution is 6.12. The minimum absolute atomic E-state index is 0.121. The van der Waals surface area contributed by atoms with Crippen LogP contribution >= 0.6 is 0 Å². The molecule has 1 aromatic rings. The Morgan fingerprint density at radius 2 is 1.89 bits per heavy atom. The first-order valence-electron chi connectivity index (χ1n) is 5.63. The first-order chi connectivity index (χ1) is 9.06. The number of amides is 2. The molecule has 0 radical (unpaired) electrons. The molecule has 7 heteroatoms. The SMILES string of the molecule is CCOC(=O)C(NNC(N)=O)C(=O)c1ccccc1. The van der Waals surface area contributed by atoms with E-state index in [1.54, 1.807) is 37.3 Å². The zero-order valence-electron chi connectivity index (χ0n) is 10.4. The molecule has 1 atom stereocenters. The van der Waals surface area contributed by atoms with Crippen LogP contribution in [0.25, 0.3) is 0 Å². The van der Waals surface area contributed by atoms with E-state index in [1.165, 1.54) is 0 Å². The number of nitrogens with one attached hydrogen (secondary N) is 2. The summed E-state index contributed by atoms with van der Waals surface area (Å²) in [5.74, 6) is -1.31. The number of ether oxygens (including phenoxy) is 1. The molecule has 0 aliphatic heterocycles. The van der Waals surface area contributed by atoms with Gasteiger partial charge >= 0.3 is 12.0 Å². The number of carbonyl (C=O) groups excluding carboxylic acids is 3. The van der Waals surface area contributed by atoms with Crippen LogP contribution in [0.5, 0.6) is 0 Å². The van der Waals surface area contributed by atoms with Crippen LogP contribution in [0.3, 0.4) is 0 Å². The third kappa shape index (κ3) is 4.40. The van der Waals surface area contributed by atoms with E-state index >= 15 is 0 Å². The first kappa shape index (κ1) is 14.7. The topological polar surface area (TPSA) is 111 Å². The van der Waals surface area contributed by atoms with Gasteiger partial charge in [0.1, 0.15) is 0 Å². The molecule has 0 fully saturated rings. The van der Waals surface area contributed by atoms with Gasteiger partial charge in [0.2, 0.25) is 0 Å². The zero-order valence-corrected chi connectivity index (χ0v) is 10.4. The number of esters is 1. The molecule has 7 nitrogen and oxygen atoms in total. The molecule has 0 aliphatic carbocycles. The largest absolute Gasteiger partial charge is 0.464 e. The van der Waals surface area contributed by atoms with Crippen molar-refractivity contribution < 1.29 is 19.1 Å². The lowest BCUT2D eigenvalue weighted by Gasteiger charge is -2.16. The molecule has 102 valence electrons. The molecule has 19 heavy (non-hydrogen) atoms. The quantitative estimate of drug-likeness (QED) is 0.289. The van der Waals surface area contributed by atoms with E-state index < -0.39 is 23.8 Å². The number of hydrogen-bond donors (Lipinski definition) is 3. The standard InChI is InChI=1S/C12H15N3O4/c1-2-19-11(17)9(14-15-12(13)18)10(16)8-6-4-3-5-7-8/h3-7,9,14H,2H2,1H3,(H3,13,15,18). The molecular formula is C12H15N3O4. The Hall–Kier alpha value is -2.41. The number of benzene rings is 1. The Morgan fingerprint density at radius 1 is 1.26 bits per heavy atom. The normalized spacial score (nSPS) is 11.4. The molecule has 0 saturated heterocycles. The van der Waals surface area contributed by atoms with Gasteiger partial charge < -0.3 is 10.5 Å². The van der Waals surface area contributed by atoms with Crippen LogP contribution in [0, 0.1) is 0 Å². The molecule has 2 amide bonds. The van der Waals surface area contributed by atoms with Crippen molar-refractivity contribution >= 4 is 17.8 Å². The van der Waals surface area contributed by atoms with E-state index in [0.29, 0.717) is 5.56 Å². The lowest BCUT2D eigenvalue weighted by Crippen LogP contribution is -2.54. The summed E-state index contributed by atoms with van der Waals surface area (Å²) in [6.07, 6.45) is 0. The molecule has 0 aromatic heterocycles. The number of rotatable bonds is 6. The van der Waals surface area contributed by atoms with E-state index in [0.717, 1.165) is 0 Å². The number of primary amides is 1. The average molecular weight is 265 g/mol. The number of carbonyl (C=O) groups is 3. The second kappa shape index (κ2) is 7.12. The number of nitrogens with two attached hydrogens (primary N) is 1. The van der Waals surface area contributed by atoms with E-state index in [1.807, 2.05) is 5.43 Å². The molecule has 1 unspecified atom stereocenters. The Bertz CT molecular complexity index is 461. The summed E-state index contributed by atoms with van der Waals surface area (Å²) in [7, 11) is 0. The summed E-state index contributed by atoms with van der Waals surface area (Å²) in [5, 5.41) is 0. The summed E-state index contributed by atoms with van der Waals surface area (Å²) in [6.45, 7) is 1.74. The minimum Gasteiger partial charge on any atom is -0.464 e. The van der Waals surface area contributed by atoms with Crippen molar-refractivity contribution in [2.24, 2.45) is 5.73 Å². The van der Waals surface area contributed by atoms with Crippen molar-refractivity contribution in [2.75, 3.05) is 6.61 Å². The predicted octanol–water partition coefficient (Wildman–Crippen LogP) is -0.0261. The summed E-state index contributed by atoms with van der Waals surface area (Å²) >= 11 is 0. The number of urea groups is 1. The average Bonchev–Trinajstić information content (AvgIpc) is 2.39. The molecule has 0 aliphatic rings. The second-order valence-corrected chi connectivity index (χ2v) is 3.55. The third-order valence-corrected chi connectivity index (χ3v) is 2.18. The highest BCUT2D eigenvalue weighted by Crippen LogP contribution is 2.04. The molecule has 1 aromatic carbocycles. The fourth-order valence-corrected chi connectivity index (χ4v) is 1.37. The molecular weight excluding hydrogens is 250 g/mol. The molecule has 1 rings (SSSR count). The van der Waals surface area contributed by atoms with E-state index in [4.69, 9.17) is 10.5 Å². The monoisotopic (exact) mass is 265 g/mol. The Balaban J connectivity index is 2.86. The molecule has 0 heterocycles. The summed E-state index contributed by atoms with van der Waals surface area (Å²) < 4.78 is 4.76. The third-order valence-electron chi connectivity index (χ3n) is 2.18. The van der Waals surface area contributed by atoms with Crippen molar-refractivity contribution in [1.82, 2.24) is 10.9 Å². The first-order valence-corrected chi connectivity index (χ1v) is 5.63. The Labute approximate surface area is 110 Å². The second-order valence-electron chi connectivity index (χ2n) is 3.55. The van der Waals surface area contributed by atoms with E-state index in [-0.39, 0.29) is 6.61 Å². The van der Waals surface area contributed by atoms with Gasteiger partial charge in [0.25, 0.3) is 0 Å². The van der Waals surface area contributed by atoms with Gasteiger partial charge in [0, 0.05) is 5.56 Å². The van der Waals surface area contributed by atoms with Gasteiger partial charge in [-0.2, -0.15) is 0 Å². The summed E-state index contributed by atoms with van der Waals surface area (Å²) in [5.41, 5.74) is 9.45. The van der Waals surface area contributed by atoms with Crippen LogP contribution in [0.4, 0.5) is 4.79 Å². The van der Waals surface area contributed by atoms with Gasteiger partial charge in [-0.3, -0.25) is 10.2 Å². The number of hydrogen-bond acceptors (Lipinski definition) is 5. The minimum atomic E-state index is -1.34. The fraction of sp³-hybridized carbons (Fsp3) is 0.250. The van der Waals surface area contributed by atoms with Gasteiger partial charge in [0.05, 0.1) is 6.61 Å². The van der Waals surface area contributed by atoms with Crippen LogP contribution < -0.4 is 16.6 Å². The lowest BCUT2D eigenvalue weighted by molar-refractivity contribution is -0.144. The maximum Gasteiger partial charge on any atom is 0.333 e. The van der Waals surface area contributed by atoms with Crippen LogP contribution in [0.1, 0.15) is 17.3 Å². The highest BCUT2D eigenvalue weighted by Gasteiger charge is 2.28. The smallest absolute Gasteiger partial charge is 0.333 e. The number of hydrazine groups is 1. The summed E-state index contributed by atoms with van der Waals surface area (Å²) in [4.78, 5) is 34.4. The van der Waals surface area contributed by atoms with Crippen LogP contribution in [0.2, 0.25) is 0 Å². The lowest BCUT2D eigenvalue weighted by atomic mass is 10.1. The number of Topliss-reactive ketones (excluding diaryl/α,β-unsaturated/α-hetero) is 1. The Morgan fingerprint density at radius 3 is 2.42 bits per heavy atom. The van der Waals surface area contributed by atoms with Crippen LogP contribution in [-0.4, -0.2) is 30.4 Å². The van der Waals surface area contributed by atoms with Gasteiger partial charge in [-0.15, -0.1) is 0 Å². The molecule has 0 bridgehead atoms. The molecule has 0 saturated carbocycles. The maximum atomic E-state index is 12.1. The predicted molar refractivity (Wildman–Crippen MR) is 67.0 cm³/mol. The van der Waals surface area contributed by atoms with Gasteiger partial charge in [0.15, 0.2) is 11.8 Å². The summed E-state index contributed by atoms with van der Waals surface area (Å²) in [6, 6.07) is 5.94. The van der Waals surface area contributed by atoms with Gasteiger partial charge in [-0.05, 0) is 6.92 Å². The van der Waals surface area contributed by atoms with E-state index in [2.05, 4.69) is 5.43 Å². The number of ketones is 1. The maximum absolute atomic E-state index is 12.1. The van der Waals surface area contributed by atoms with Crippen molar-refractivity contribution in [2.45, 2.75) is 13.0 Å². The van der Waals surface area contributed by atoms with Crippen molar-refractivity contribution in [3.05, 3.63) is 35.9 Å². The van der Waals surface area contributed by atoms with Gasteiger partial charge in [-0.1, -0.05) is 30.3 Å². The Kier molecular flexibility index (Phi) is 5.49. The van der Waals surface area contributed by atoms with Crippen molar-refractivity contribution in [3.63, 3.8) is 0 Å². The van der Waals surface area contributed by atoms with E-state index in [9.17, 15) is 14.4 Å². The fourth-order valence-electron chi connectivity index (χ4n) is 1.37. The highest BCUT2D eigenvalue weighted by atomic mass is 16.5. The van der Waals surface area contributed by atoms with Crippen LogP contribution in [0.15, 0.2) is 30.3 Å².